The van der Waals surface area contributed by atoms with Crippen LogP contribution in [-0.2, 0) is 0 Å². The molecule has 0 spiro atoms. The molecule has 1 N–H and O–H groups in total. The van der Waals surface area contributed by atoms with E-state index < -0.39 is 5.76 Å². The molecule has 0 atom stereocenters. The first-order chi connectivity index (χ1) is 7.29. The standard InChI is InChI=1S/C11H13NO3/c1-2-3-6-14-8-4-5-10-9(7-8)12-11(13)15-10/h4-5,7H,2-3,6H2,1H3,(H,12,13). The number of fused-ring (bicyclic) bond motifs is 1. The number of hydrogen-bond acceptors (Lipinski definition) is 3. The third kappa shape index (κ3) is 2.21. The Balaban J connectivity index is 2.19. The van der Waals surface area contributed by atoms with Gasteiger partial charge in [-0.15, -0.1) is 0 Å². The van der Waals surface area contributed by atoms with Gasteiger partial charge < -0.3 is 9.15 Å². The van der Waals surface area contributed by atoms with Crippen LogP contribution in [0.15, 0.2) is 27.4 Å². The molecular formula is C11H13NO3. The lowest BCUT2D eigenvalue weighted by Gasteiger charge is -2.03. The fourth-order valence-corrected chi connectivity index (χ4v) is 1.36. The van der Waals surface area contributed by atoms with Crippen molar-refractivity contribution in [2.75, 3.05) is 6.61 Å². The summed E-state index contributed by atoms with van der Waals surface area (Å²) in [6.07, 6.45) is 2.13. The van der Waals surface area contributed by atoms with Crippen LogP contribution in [-0.4, -0.2) is 11.6 Å². The van der Waals surface area contributed by atoms with Crippen LogP contribution >= 0.6 is 0 Å². The van der Waals surface area contributed by atoms with E-state index in [2.05, 4.69) is 11.9 Å². The fourth-order valence-electron chi connectivity index (χ4n) is 1.36. The van der Waals surface area contributed by atoms with Gasteiger partial charge in [0.2, 0.25) is 0 Å². The van der Waals surface area contributed by atoms with Gasteiger partial charge in [0, 0.05) is 6.07 Å². The molecule has 0 saturated carbocycles. The summed E-state index contributed by atoms with van der Waals surface area (Å²) in [6.45, 7) is 2.81. The monoisotopic (exact) mass is 207 g/mol. The highest BCUT2D eigenvalue weighted by Gasteiger charge is 2.02. The third-order valence-electron chi connectivity index (χ3n) is 2.16. The van der Waals surface area contributed by atoms with Crippen LogP contribution in [0, 0.1) is 0 Å². The lowest BCUT2D eigenvalue weighted by molar-refractivity contribution is 0.309. The van der Waals surface area contributed by atoms with Crippen molar-refractivity contribution < 1.29 is 9.15 Å². The maximum atomic E-state index is 10.9. The van der Waals surface area contributed by atoms with Crippen molar-refractivity contribution in [1.29, 1.82) is 0 Å². The van der Waals surface area contributed by atoms with Crippen molar-refractivity contribution in [3.63, 3.8) is 0 Å². The summed E-state index contributed by atoms with van der Waals surface area (Å²) in [6, 6.07) is 5.30. The van der Waals surface area contributed by atoms with Gasteiger partial charge >= 0.3 is 5.76 Å². The zero-order chi connectivity index (χ0) is 10.7. The second-order valence-corrected chi connectivity index (χ2v) is 3.37. The average Bonchev–Trinajstić information content (AvgIpc) is 2.57. The van der Waals surface area contributed by atoms with Crippen molar-refractivity contribution in [2.45, 2.75) is 19.8 Å². The van der Waals surface area contributed by atoms with E-state index in [1.807, 2.05) is 0 Å². The second kappa shape index (κ2) is 4.21. The molecule has 4 heteroatoms. The minimum absolute atomic E-state index is 0.435. The van der Waals surface area contributed by atoms with Crippen LogP contribution in [0.5, 0.6) is 5.75 Å². The fraction of sp³-hybridized carbons (Fsp3) is 0.364. The van der Waals surface area contributed by atoms with Gasteiger partial charge in [-0.3, -0.25) is 4.98 Å². The smallest absolute Gasteiger partial charge is 0.417 e. The van der Waals surface area contributed by atoms with Gasteiger partial charge in [-0.2, -0.15) is 0 Å². The first-order valence-electron chi connectivity index (χ1n) is 5.05. The van der Waals surface area contributed by atoms with Gasteiger partial charge in [-0.1, -0.05) is 13.3 Å². The predicted molar refractivity (Wildman–Crippen MR) is 57.2 cm³/mol. The minimum Gasteiger partial charge on any atom is -0.494 e. The number of benzene rings is 1. The first kappa shape index (κ1) is 9.83. The molecular weight excluding hydrogens is 194 g/mol. The highest BCUT2D eigenvalue weighted by atomic mass is 16.5. The summed E-state index contributed by atoms with van der Waals surface area (Å²) in [4.78, 5) is 13.5. The Morgan fingerprint density at radius 3 is 3.13 bits per heavy atom. The summed E-state index contributed by atoms with van der Waals surface area (Å²) in [5, 5.41) is 0. The highest BCUT2D eigenvalue weighted by Crippen LogP contribution is 2.18. The van der Waals surface area contributed by atoms with E-state index in [0.717, 1.165) is 18.6 Å². The SMILES string of the molecule is CCCCOc1ccc2oc(=O)[nH]c2c1. The summed E-state index contributed by atoms with van der Waals surface area (Å²) in [5.41, 5.74) is 1.23. The zero-order valence-electron chi connectivity index (χ0n) is 8.58. The molecule has 2 aromatic rings. The Morgan fingerprint density at radius 2 is 2.33 bits per heavy atom. The molecule has 0 unspecified atom stereocenters. The Kier molecular flexibility index (Phi) is 2.76. The Labute approximate surface area is 86.9 Å². The van der Waals surface area contributed by atoms with Crippen LogP contribution in [0.25, 0.3) is 11.1 Å². The largest absolute Gasteiger partial charge is 0.494 e. The number of aromatic amines is 1. The molecule has 1 aromatic carbocycles. The van der Waals surface area contributed by atoms with Crippen LogP contribution in [0.4, 0.5) is 0 Å². The van der Waals surface area contributed by atoms with Gasteiger partial charge in [-0.05, 0) is 18.6 Å². The molecule has 0 aliphatic heterocycles. The van der Waals surface area contributed by atoms with E-state index in [-0.39, 0.29) is 0 Å². The molecule has 1 heterocycles. The number of nitrogens with one attached hydrogen (secondary N) is 1. The molecule has 4 nitrogen and oxygen atoms in total. The van der Waals surface area contributed by atoms with Crippen molar-refractivity contribution in [3.8, 4) is 5.75 Å². The van der Waals surface area contributed by atoms with E-state index >= 15 is 0 Å². The summed E-state index contributed by atoms with van der Waals surface area (Å²) in [7, 11) is 0. The van der Waals surface area contributed by atoms with Gasteiger partial charge in [-0.25, -0.2) is 4.79 Å². The number of oxazole rings is 1. The van der Waals surface area contributed by atoms with E-state index in [9.17, 15) is 4.79 Å². The quantitative estimate of drug-likeness (QED) is 0.782. The number of unbranched alkanes of at least 4 members (excludes halogenated alkanes) is 1. The number of aromatic nitrogens is 1. The van der Waals surface area contributed by atoms with Gasteiger partial charge in [0.05, 0.1) is 12.1 Å². The lowest BCUT2D eigenvalue weighted by Crippen LogP contribution is -1.96. The minimum atomic E-state index is -0.435. The summed E-state index contributed by atoms with van der Waals surface area (Å²) < 4.78 is 10.4. The first-order valence-corrected chi connectivity index (χ1v) is 5.05. The topological polar surface area (TPSA) is 55.2 Å². The number of H-pyrrole nitrogens is 1. The summed E-state index contributed by atoms with van der Waals surface area (Å²) >= 11 is 0. The molecule has 15 heavy (non-hydrogen) atoms. The average molecular weight is 207 g/mol. The number of ether oxygens (including phenoxy) is 1. The van der Waals surface area contributed by atoms with Crippen molar-refractivity contribution in [3.05, 3.63) is 28.7 Å². The van der Waals surface area contributed by atoms with Crippen molar-refractivity contribution in [2.24, 2.45) is 0 Å². The van der Waals surface area contributed by atoms with Crippen LogP contribution in [0.3, 0.4) is 0 Å². The van der Waals surface area contributed by atoms with E-state index in [4.69, 9.17) is 9.15 Å². The van der Waals surface area contributed by atoms with E-state index in [0.29, 0.717) is 17.7 Å². The van der Waals surface area contributed by atoms with E-state index in [1.165, 1.54) is 0 Å². The Morgan fingerprint density at radius 1 is 1.47 bits per heavy atom. The number of rotatable bonds is 4. The summed E-state index contributed by atoms with van der Waals surface area (Å²) in [5.74, 6) is 0.323. The number of hydrogen-bond donors (Lipinski definition) is 1. The van der Waals surface area contributed by atoms with Crippen LogP contribution in [0.2, 0.25) is 0 Å². The molecule has 0 aliphatic carbocycles. The molecule has 1 aromatic heterocycles. The maximum Gasteiger partial charge on any atom is 0.417 e. The van der Waals surface area contributed by atoms with Gasteiger partial charge in [0.1, 0.15) is 5.75 Å². The van der Waals surface area contributed by atoms with Gasteiger partial charge in [0.15, 0.2) is 5.58 Å². The molecule has 0 bridgehead atoms. The predicted octanol–water partition coefficient (Wildman–Crippen LogP) is 2.30. The highest BCUT2D eigenvalue weighted by molar-refractivity contribution is 5.73. The molecule has 0 amide bonds. The van der Waals surface area contributed by atoms with E-state index in [1.54, 1.807) is 18.2 Å². The molecule has 0 saturated heterocycles. The lowest BCUT2D eigenvalue weighted by atomic mass is 10.3. The molecule has 80 valence electrons. The van der Waals surface area contributed by atoms with Crippen molar-refractivity contribution >= 4 is 11.1 Å². The molecule has 0 radical (unpaired) electrons. The normalized spacial score (nSPS) is 10.7. The zero-order valence-corrected chi connectivity index (χ0v) is 8.58. The molecule has 0 aliphatic rings. The maximum absolute atomic E-state index is 10.9. The van der Waals surface area contributed by atoms with Crippen LogP contribution in [0.1, 0.15) is 19.8 Å². The molecule has 2 rings (SSSR count). The Bertz CT molecular complexity index is 498. The van der Waals surface area contributed by atoms with Crippen molar-refractivity contribution in [1.82, 2.24) is 4.98 Å². The van der Waals surface area contributed by atoms with Crippen LogP contribution < -0.4 is 10.5 Å². The molecule has 0 fully saturated rings. The second-order valence-electron chi connectivity index (χ2n) is 3.37. The third-order valence-corrected chi connectivity index (χ3v) is 2.16. The Hall–Kier alpha value is -1.71. The van der Waals surface area contributed by atoms with Gasteiger partial charge in [0.25, 0.3) is 0 Å².